The molecule has 1 aromatic heterocycles. The van der Waals surface area contributed by atoms with Gasteiger partial charge in [0, 0.05) is 18.8 Å². The first-order valence-corrected chi connectivity index (χ1v) is 5.96. The lowest BCUT2D eigenvalue weighted by Crippen LogP contribution is -2.51. The Morgan fingerprint density at radius 1 is 1.25 bits per heavy atom. The van der Waals surface area contributed by atoms with Crippen LogP contribution in [0.1, 0.15) is 32.1 Å². The topological polar surface area (TPSA) is 53.1 Å². The Hall–Kier alpha value is -1.20. The second-order valence-electron chi connectivity index (χ2n) is 4.65. The third-order valence-corrected chi connectivity index (χ3v) is 3.66. The summed E-state index contributed by atoms with van der Waals surface area (Å²) < 4.78 is 0. The molecule has 0 bridgehead atoms. The molecule has 2 N–H and O–H groups in total. The molecule has 2 heterocycles. The molecule has 0 radical (unpaired) electrons. The van der Waals surface area contributed by atoms with Gasteiger partial charge in [-0.15, -0.1) is 0 Å². The van der Waals surface area contributed by atoms with Gasteiger partial charge in [0.2, 0.25) is 0 Å². The molecule has 1 aromatic rings. The summed E-state index contributed by atoms with van der Waals surface area (Å²) in [7, 11) is 0. The Kier molecular flexibility index (Phi) is 2.49. The van der Waals surface area contributed by atoms with Crippen molar-refractivity contribution in [2.24, 2.45) is 0 Å². The van der Waals surface area contributed by atoms with Gasteiger partial charge in [0.1, 0.15) is 12.1 Å². The van der Waals surface area contributed by atoms with Gasteiger partial charge in [0.05, 0.1) is 5.54 Å². The summed E-state index contributed by atoms with van der Waals surface area (Å²) in [5.74, 6) is 0.960. The standard InChI is InChI=1S/C11H17N5/c1-2-5-11(6-3-1)8-14-15-16(11)10-4-7-12-9-13-10/h4,7,9,14-15H,1-3,5-6,8H2. The molecule has 1 saturated heterocycles. The second-order valence-corrected chi connectivity index (χ2v) is 4.65. The molecule has 1 spiro atoms. The lowest BCUT2D eigenvalue weighted by molar-refractivity contribution is 0.306. The van der Waals surface area contributed by atoms with E-state index in [2.05, 4.69) is 25.9 Å². The van der Waals surface area contributed by atoms with Crippen molar-refractivity contribution < 1.29 is 0 Å². The summed E-state index contributed by atoms with van der Waals surface area (Å²) >= 11 is 0. The Bertz CT molecular complexity index is 347. The van der Waals surface area contributed by atoms with Crippen molar-refractivity contribution in [2.75, 3.05) is 11.6 Å². The molecule has 2 fully saturated rings. The summed E-state index contributed by atoms with van der Waals surface area (Å²) in [6.07, 6.45) is 9.84. The minimum absolute atomic E-state index is 0.215. The molecule has 0 atom stereocenters. The Labute approximate surface area is 95.2 Å². The maximum atomic E-state index is 4.32. The van der Waals surface area contributed by atoms with Crippen molar-refractivity contribution in [2.45, 2.75) is 37.6 Å². The van der Waals surface area contributed by atoms with Gasteiger partial charge in [-0.1, -0.05) is 19.3 Å². The third-order valence-electron chi connectivity index (χ3n) is 3.66. The molecule has 1 saturated carbocycles. The van der Waals surface area contributed by atoms with Crippen LogP contribution in [0.15, 0.2) is 18.6 Å². The van der Waals surface area contributed by atoms with Gasteiger partial charge in [-0.05, 0) is 12.8 Å². The van der Waals surface area contributed by atoms with E-state index in [1.165, 1.54) is 32.1 Å². The molecular weight excluding hydrogens is 202 g/mol. The van der Waals surface area contributed by atoms with Crippen LogP contribution in [0.3, 0.4) is 0 Å². The highest BCUT2D eigenvalue weighted by Crippen LogP contribution is 2.36. The minimum Gasteiger partial charge on any atom is -0.271 e. The number of hydrogen-bond donors (Lipinski definition) is 2. The highest BCUT2D eigenvalue weighted by molar-refractivity contribution is 5.40. The number of aromatic nitrogens is 2. The van der Waals surface area contributed by atoms with Gasteiger partial charge in [-0.2, -0.15) is 5.53 Å². The number of hydrogen-bond acceptors (Lipinski definition) is 5. The number of rotatable bonds is 1. The van der Waals surface area contributed by atoms with Crippen molar-refractivity contribution in [1.29, 1.82) is 0 Å². The quantitative estimate of drug-likeness (QED) is 0.738. The fourth-order valence-corrected chi connectivity index (χ4v) is 2.81. The van der Waals surface area contributed by atoms with Crippen molar-refractivity contribution in [3.8, 4) is 0 Å². The SMILES string of the molecule is c1cc(N2NNCC23CCCCC3)ncn1. The first-order chi connectivity index (χ1) is 7.91. The summed E-state index contributed by atoms with van der Waals surface area (Å²) in [6, 6.07) is 1.95. The van der Waals surface area contributed by atoms with Crippen LogP contribution in [0.4, 0.5) is 5.82 Å². The predicted molar refractivity (Wildman–Crippen MR) is 61.5 cm³/mol. The van der Waals surface area contributed by atoms with E-state index in [9.17, 15) is 0 Å². The highest BCUT2D eigenvalue weighted by atomic mass is 15.8. The average Bonchev–Trinajstić information content (AvgIpc) is 2.75. The summed E-state index contributed by atoms with van der Waals surface area (Å²) in [6.45, 7) is 0.997. The lowest BCUT2D eigenvalue weighted by Gasteiger charge is -2.39. The number of anilines is 1. The average molecular weight is 219 g/mol. The largest absolute Gasteiger partial charge is 0.271 e. The van der Waals surface area contributed by atoms with E-state index in [4.69, 9.17) is 0 Å². The van der Waals surface area contributed by atoms with Crippen molar-refractivity contribution in [3.05, 3.63) is 18.6 Å². The van der Waals surface area contributed by atoms with Gasteiger partial charge in [-0.3, -0.25) is 5.01 Å². The minimum atomic E-state index is 0.215. The zero-order valence-corrected chi connectivity index (χ0v) is 9.32. The molecule has 0 amide bonds. The molecule has 1 aliphatic heterocycles. The van der Waals surface area contributed by atoms with Crippen LogP contribution in [-0.4, -0.2) is 22.1 Å². The number of nitrogens with one attached hydrogen (secondary N) is 2. The van der Waals surface area contributed by atoms with Crippen molar-refractivity contribution in [1.82, 2.24) is 20.9 Å². The molecule has 1 aliphatic carbocycles. The maximum Gasteiger partial charge on any atom is 0.147 e. The van der Waals surface area contributed by atoms with E-state index >= 15 is 0 Å². The normalized spacial score (nSPS) is 23.9. The molecule has 2 aliphatic rings. The molecule has 0 aromatic carbocycles. The van der Waals surface area contributed by atoms with Crippen LogP contribution >= 0.6 is 0 Å². The molecule has 16 heavy (non-hydrogen) atoms. The maximum absolute atomic E-state index is 4.32. The van der Waals surface area contributed by atoms with E-state index in [0.29, 0.717) is 0 Å². The van der Waals surface area contributed by atoms with Crippen LogP contribution in [-0.2, 0) is 0 Å². The van der Waals surface area contributed by atoms with Crippen molar-refractivity contribution in [3.63, 3.8) is 0 Å². The number of hydrazine groups is 2. The molecule has 5 nitrogen and oxygen atoms in total. The van der Waals surface area contributed by atoms with E-state index in [-0.39, 0.29) is 5.54 Å². The zero-order chi connectivity index (χ0) is 10.8. The molecular formula is C11H17N5. The molecule has 86 valence electrons. The first kappa shape index (κ1) is 9.99. The number of nitrogens with zero attached hydrogens (tertiary/aromatic N) is 3. The zero-order valence-electron chi connectivity index (χ0n) is 9.32. The fraction of sp³-hybridized carbons (Fsp3) is 0.636. The smallest absolute Gasteiger partial charge is 0.147 e. The van der Waals surface area contributed by atoms with E-state index in [1.807, 2.05) is 6.07 Å². The van der Waals surface area contributed by atoms with Gasteiger partial charge in [0.25, 0.3) is 0 Å². The summed E-state index contributed by atoms with van der Waals surface area (Å²) in [4.78, 5) is 8.29. The van der Waals surface area contributed by atoms with Crippen LogP contribution < -0.4 is 16.0 Å². The van der Waals surface area contributed by atoms with Crippen LogP contribution in [0.2, 0.25) is 0 Å². The third kappa shape index (κ3) is 1.56. The Morgan fingerprint density at radius 2 is 2.12 bits per heavy atom. The van der Waals surface area contributed by atoms with Gasteiger partial charge in [0.15, 0.2) is 0 Å². The van der Waals surface area contributed by atoms with Gasteiger partial charge in [-0.25, -0.2) is 15.4 Å². The van der Waals surface area contributed by atoms with Crippen molar-refractivity contribution >= 4 is 5.82 Å². The first-order valence-electron chi connectivity index (χ1n) is 5.96. The highest BCUT2D eigenvalue weighted by Gasteiger charge is 2.42. The summed E-state index contributed by atoms with van der Waals surface area (Å²) in [5, 5.41) is 2.19. The van der Waals surface area contributed by atoms with Gasteiger partial charge >= 0.3 is 0 Å². The molecule has 3 rings (SSSR count). The second kappa shape index (κ2) is 3.99. The fourth-order valence-electron chi connectivity index (χ4n) is 2.81. The van der Waals surface area contributed by atoms with Gasteiger partial charge < -0.3 is 0 Å². The summed E-state index contributed by atoms with van der Waals surface area (Å²) in [5.41, 5.74) is 6.69. The van der Waals surface area contributed by atoms with E-state index < -0.39 is 0 Å². The van der Waals surface area contributed by atoms with E-state index in [1.54, 1.807) is 12.5 Å². The Morgan fingerprint density at radius 3 is 2.88 bits per heavy atom. The van der Waals surface area contributed by atoms with Crippen LogP contribution in [0.25, 0.3) is 0 Å². The Balaban J connectivity index is 1.89. The monoisotopic (exact) mass is 219 g/mol. The van der Waals surface area contributed by atoms with Crippen LogP contribution in [0.5, 0.6) is 0 Å². The molecule has 5 heteroatoms. The molecule has 0 unspecified atom stereocenters. The predicted octanol–water partition coefficient (Wildman–Crippen LogP) is 1.01. The van der Waals surface area contributed by atoms with E-state index in [0.717, 1.165) is 12.4 Å². The lowest BCUT2D eigenvalue weighted by atomic mass is 9.81. The van der Waals surface area contributed by atoms with Crippen LogP contribution in [0, 0.1) is 0 Å².